The first-order valence-electron chi connectivity index (χ1n) is 7.57. The zero-order chi connectivity index (χ0) is 18.1. The fraction of sp³-hybridized carbons (Fsp3) is 0.158. The largest absolute Gasteiger partial charge is 0.352 e. The maximum Gasteiger partial charge on any atom is 0.244 e. The van der Waals surface area contributed by atoms with Gasteiger partial charge >= 0.3 is 0 Å². The lowest BCUT2D eigenvalue weighted by atomic mass is 10.1. The van der Waals surface area contributed by atoms with Crippen LogP contribution in [0.4, 0.5) is 4.39 Å². The van der Waals surface area contributed by atoms with Crippen molar-refractivity contribution in [3.05, 3.63) is 76.1 Å². The average Bonchev–Trinajstić information content (AvgIpc) is 2.61. The van der Waals surface area contributed by atoms with Crippen molar-refractivity contribution < 1.29 is 9.18 Å². The Balaban J connectivity index is 1.74. The molecule has 0 bridgehead atoms. The second kappa shape index (κ2) is 9.87. The lowest BCUT2D eigenvalue weighted by Crippen LogP contribution is -2.23. The first-order valence-corrected chi connectivity index (χ1v) is 9.10. The van der Waals surface area contributed by atoms with Gasteiger partial charge < -0.3 is 5.32 Å². The van der Waals surface area contributed by atoms with Crippen molar-refractivity contribution in [2.24, 2.45) is 0 Å². The van der Waals surface area contributed by atoms with E-state index in [1.165, 1.54) is 24.3 Å². The van der Waals surface area contributed by atoms with Crippen LogP contribution >= 0.6 is 23.4 Å². The zero-order valence-electron chi connectivity index (χ0n) is 13.3. The number of benzene rings is 2. The smallest absolute Gasteiger partial charge is 0.244 e. The third-order valence-electron chi connectivity index (χ3n) is 3.34. The van der Waals surface area contributed by atoms with Crippen molar-refractivity contribution in [1.82, 2.24) is 5.32 Å². The van der Waals surface area contributed by atoms with Crippen molar-refractivity contribution in [2.75, 3.05) is 12.3 Å². The van der Waals surface area contributed by atoms with Crippen LogP contribution in [0.2, 0.25) is 5.02 Å². The highest BCUT2D eigenvalue weighted by molar-refractivity contribution is 7.98. The van der Waals surface area contributed by atoms with Crippen LogP contribution < -0.4 is 5.32 Å². The fourth-order valence-corrected chi connectivity index (χ4v) is 3.16. The summed E-state index contributed by atoms with van der Waals surface area (Å²) >= 11 is 7.52. The van der Waals surface area contributed by atoms with Gasteiger partial charge in [0, 0.05) is 29.7 Å². The molecule has 2 aromatic rings. The number of halogens is 2. The molecule has 1 amide bonds. The highest BCUT2D eigenvalue weighted by atomic mass is 35.5. The van der Waals surface area contributed by atoms with Crippen LogP contribution in [0.5, 0.6) is 0 Å². The van der Waals surface area contributed by atoms with E-state index in [0.717, 1.165) is 5.56 Å². The average molecular weight is 375 g/mol. The minimum Gasteiger partial charge on any atom is -0.352 e. The van der Waals surface area contributed by atoms with E-state index in [0.29, 0.717) is 23.6 Å². The number of rotatable bonds is 7. The maximum absolute atomic E-state index is 13.6. The summed E-state index contributed by atoms with van der Waals surface area (Å²) in [4.78, 5) is 11.8. The molecule has 128 valence electrons. The molecule has 0 unspecified atom stereocenters. The first-order chi connectivity index (χ1) is 12.1. The molecule has 6 heteroatoms. The van der Waals surface area contributed by atoms with Gasteiger partial charge in [-0.15, -0.1) is 0 Å². The van der Waals surface area contributed by atoms with Crippen LogP contribution in [-0.4, -0.2) is 18.2 Å². The van der Waals surface area contributed by atoms with Gasteiger partial charge in [0.25, 0.3) is 0 Å². The number of thioether (sulfide) groups is 1. The Bertz CT molecular complexity index is 797. The van der Waals surface area contributed by atoms with Gasteiger partial charge in [-0.2, -0.15) is 17.0 Å². The Labute approximate surface area is 155 Å². The van der Waals surface area contributed by atoms with E-state index in [4.69, 9.17) is 16.9 Å². The van der Waals surface area contributed by atoms with Crippen molar-refractivity contribution in [3.8, 4) is 6.07 Å². The molecular weight excluding hydrogens is 359 g/mol. The Morgan fingerprint density at radius 1 is 1.28 bits per heavy atom. The molecule has 0 fully saturated rings. The molecule has 1 N–H and O–H groups in total. The minimum atomic E-state index is -0.469. The summed E-state index contributed by atoms with van der Waals surface area (Å²) in [6, 6.07) is 14.0. The predicted molar refractivity (Wildman–Crippen MR) is 101 cm³/mol. The normalized spacial score (nSPS) is 10.6. The molecule has 2 rings (SSSR count). The van der Waals surface area contributed by atoms with Crippen molar-refractivity contribution in [2.45, 2.75) is 5.75 Å². The molecular formula is C19H16ClFN2OS. The number of amides is 1. The van der Waals surface area contributed by atoms with Crippen LogP contribution in [0.3, 0.4) is 0 Å². The molecule has 0 saturated heterocycles. The highest BCUT2D eigenvalue weighted by Gasteiger charge is 2.04. The fourth-order valence-electron chi connectivity index (χ4n) is 2.07. The number of nitriles is 1. The summed E-state index contributed by atoms with van der Waals surface area (Å²) in [5, 5.41) is 12.0. The first kappa shape index (κ1) is 19.0. The van der Waals surface area contributed by atoms with Gasteiger partial charge in [0.2, 0.25) is 5.91 Å². The topological polar surface area (TPSA) is 52.9 Å². The molecule has 0 heterocycles. The Hall–Kier alpha value is -2.29. The van der Waals surface area contributed by atoms with Gasteiger partial charge in [-0.1, -0.05) is 35.9 Å². The van der Waals surface area contributed by atoms with E-state index in [1.807, 2.05) is 18.2 Å². The SMILES string of the molecule is N#Cc1ccccc1CSCCNC(=O)/C=C/c1c(F)cccc1Cl. The number of nitrogens with one attached hydrogen (secondary N) is 1. The molecule has 2 aromatic carbocycles. The summed E-state index contributed by atoms with van der Waals surface area (Å²) in [6.45, 7) is 0.480. The van der Waals surface area contributed by atoms with E-state index < -0.39 is 5.82 Å². The zero-order valence-corrected chi connectivity index (χ0v) is 14.9. The summed E-state index contributed by atoms with van der Waals surface area (Å²) < 4.78 is 13.6. The summed E-state index contributed by atoms with van der Waals surface area (Å²) in [5.74, 6) is 0.640. The molecule has 3 nitrogen and oxygen atoms in total. The molecule has 0 spiro atoms. The third kappa shape index (κ3) is 5.93. The molecule has 0 aliphatic heterocycles. The standard InChI is InChI=1S/C19H16ClFN2OS/c20-17-6-3-7-18(21)16(17)8-9-19(24)23-10-11-25-13-15-5-2-1-4-14(15)12-22/h1-9H,10-11,13H2,(H,23,24)/b9-8+. The van der Waals surface area contributed by atoms with Gasteiger partial charge in [-0.3, -0.25) is 4.79 Å². The Morgan fingerprint density at radius 3 is 2.84 bits per heavy atom. The summed E-state index contributed by atoms with van der Waals surface area (Å²) in [5.41, 5.74) is 1.85. The number of hydrogen-bond acceptors (Lipinski definition) is 3. The molecule has 0 radical (unpaired) electrons. The highest BCUT2D eigenvalue weighted by Crippen LogP contribution is 2.20. The monoisotopic (exact) mass is 374 g/mol. The van der Waals surface area contributed by atoms with Crippen LogP contribution in [-0.2, 0) is 10.5 Å². The lowest BCUT2D eigenvalue weighted by molar-refractivity contribution is -0.116. The van der Waals surface area contributed by atoms with E-state index in [-0.39, 0.29) is 16.5 Å². The van der Waals surface area contributed by atoms with E-state index in [1.54, 1.807) is 23.9 Å². The lowest BCUT2D eigenvalue weighted by Gasteiger charge is -2.05. The van der Waals surface area contributed by atoms with Crippen LogP contribution in [0.15, 0.2) is 48.5 Å². The third-order valence-corrected chi connectivity index (χ3v) is 4.68. The van der Waals surface area contributed by atoms with Crippen molar-refractivity contribution >= 4 is 35.3 Å². The molecule has 0 saturated carbocycles. The van der Waals surface area contributed by atoms with Crippen molar-refractivity contribution in [1.29, 1.82) is 5.26 Å². The van der Waals surface area contributed by atoms with Gasteiger partial charge in [-0.25, -0.2) is 4.39 Å². The number of hydrogen-bond donors (Lipinski definition) is 1. The van der Waals surface area contributed by atoms with Crippen LogP contribution in [0.1, 0.15) is 16.7 Å². The van der Waals surface area contributed by atoms with Gasteiger partial charge in [0.05, 0.1) is 16.7 Å². The van der Waals surface area contributed by atoms with Gasteiger partial charge in [0.1, 0.15) is 5.82 Å². The Kier molecular flexibility index (Phi) is 7.52. The molecule has 25 heavy (non-hydrogen) atoms. The number of carbonyl (C=O) groups is 1. The van der Waals surface area contributed by atoms with E-state index >= 15 is 0 Å². The summed E-state index contributed by atoms with van der Waals surface area (Å²) in [7, 11) is 0. The minimum absolute atomic E-state index is 0.196. The van der Waals surface area contributed by atoms with Crippen molar-refractivity contribution in [3.63, 3.8) is 0 Å². The molecule has 0 atom stereocenters. The van der Waals surface area contributed by atoms with Crippen LogP contribution in [0.25, 0.3) is 6.08 Å². The quantitative estimate of drug-likeness (QED) is 0.576. The second-order valence-electron chi connectivity index (χ2n) is 5.08. The second-order valence-corrected chi connectivity index (χ2v) is 6.59. The molecule has 0 aliphatic rings. The molecule has 0 aliphatic carbocycles. The number of carbonyl (C=O) groups excluding carboxylic acids is 1. The van der Waals surface area contributed by atoms with Gasteiger partial charge in [0.15, 0.2) is 0 Å². The number of nitrogens with zero attached hydrogens (tertiary/aromatic N) is 1. The van der Waals surface area contributed by atoms with Gasteiger partial charge in [-0.05, 0) is 29.8 Å². The maximum atomic E-state index is 13.6. The molecule has 0 aromatic heterocycles. The van der Waals surface area contributed by atoms with Crippen LogP contribution in [0, 0.1) is 17.1 Å². The Morgan fingerprint density at radius 2 is 2.08 bits per heavy atom. The summed E-state index contributed by atoms with van der Waals surface area (Å²) in [6.07, 6.45) is 2.63. The van der Waals surface area contributed by atoms with E-state index in [9.17, 15) is 9.18 Å². The van der Waals surface area contributed by atoms with E-state index in [2.05, 4.69) is 11.4 Å². The predicted octanol–water partition coefficient (Wildman–Crippen LogP) is 4.41.